The van der Waals surface area contributed by atoms with Crippen LogP contribution in [0.4, 0.5) is 17.1 Å². The van der Waals surface area contributed by atoms with Gasteiger partial charge in [-0.15, -0.1) is 0 Å². The van der Waals surface area contributed by atoms with Crippen molar-refractivity contribution in [2.45, 2.75) is 6.92 Å². The summed E-state index contributed by atoms with van der Waals surface area (Å²) in [6.07, 6.45) is 0. The number of hydrogen-bond donors (Lipinski definition) is 1. The zero-order valence-electron chi connectivity index (χ0n) is 18.4. The molecule has 8 nitrogen and oxygen atoms in total. The second-order valence-corrected chi connectivity index (χ2v) is 6.87. The first-order chi connectivity index (χ1) is 14.2. The molecule has 142 valence electrons. The van der Waals surface area contributed by atoms with Crippen molar-refractivity contribution in [3.8, 4) is 0 Å². The van der Waals surface area contributed by atoms with Gasteiger partial charge in [0.2, 0.25) is 5.91 Å². The Hall–Kier alpha value is -2.71. The number of carbonyl (C=O) groups excluding carboxylic acids is 2. The van der Waals surface area contributed by atoms with E-state index in [1.165, 1.54) is 9.58 Å². The summed E-state index contributed by atoms with van der Waals surface area (Å²) in [7, 11) is 1.68. The minimum Gasteiger partial charge on any atom is -0.319 e. The number of nitrogens with zero attached hydrogens (tertiary/aromatic N) is 5. The number of fused-ring (bicyclic) bond motifs is 2. The van der Waals surface area contributed by atoms with E-state index in [0.717, 1.165) is 0 Å². The molecule has 4 rings (SSSR count). The monoisotopic (exact) mass is 371 g/mol. The molecule has 3 heterocycles. The number of para-hydroxylation sites is 2. The van der Waals surface area contributed by atoms with Crippen molar-refractivity contribution < 1.29 is 13.7 Å². The first-order valence-corrected chi connectivity index (χ1v) is 8.91. The van der Waals surface area contributed by atoms with Gasteiger partial charge in [-0.25, -0.2) is 0 Å². The topological polar surface area (TPSA) is 73.7 Å². The maximum Gasteiger partial charge on any atom is 0.276 e. The van der Waals surface area contributed by atoms with Crippen LogP contribution in [0.5, 0.6) is 0 Å². The predicted octanol–water partition coefficient (Wildman–Crippen LogP) is 1.21. The molecule has 2 aromatic rings. The number of amides is 2. The zero-order chi connectivity index (χ0) is 21.6. The number of carbonyl (C=O) groups is 2. The first-order valence-electron chi connectivity index (χ1n) is 10.4. The van der Waals surface area contributed by atoms with Crippen LogP contribution in [0.1, 0.15) is 20.3 Å². The van der Waals surface area contributed by atoms with Gasteiger partial charge in [-0.1, -0.05) is 12.1 Å². The summed E-state index contributed by atoms with van der Waals surface area (Å²) in [5.74, 6) is -0.513. The minimum atomic E-state index is -2.12. The lowest BCUT2D eigenvalue weighted by molar-refractivity contribution is -0.119. The van der Waals surface area contributed by atoms with Gasteiger partial charge in [-0.2, -0.15) is 5.10 Å². The summed E-state index contributed by atoms with van der Waals surface area (Å²) in [6.45, 7) is 1.48. The Labute approximate surface area is 162 Å². The second kappa shape index (κ2) is 6.79. The molecule has 0 bridgehead atoms. The van der Waals surface area contributed by atoms with Crippen molar-refractivity contribution in [1.29, 1.82) is 0 Å². The number of anilines is 3. The molecule has 2 aliphatic heterocycles. The molecular weight excluding hydrogens is 344 g/mol. The maximum absolute atomic E-state index is 13.5. The van der Waals surface area contributed by atoms with Crippen LogP contribution in [0.2, 0.25) is 0 Å². The van der Waals surface area contributed by atoms with E-state index in [-0.39, 0.29) is 18.4 Å². The van der Waals surface area contributed by atoms with Gasteiger partial charge in [0.1, 0.15) is 5.69 Å². The maximum atomic E-state index is 13.5. The number of nitrogens with one attached hydrogen (secondary N) is 1. The molecule has 0 atom stereocenters. The molecule has 2 aliphatic rings. The summed E-state index contributed by atoms with van der Waals surface area (Å²) < 4.78 is 24.1. The normalized spacial score (nSPS) is 20.0. The fraction of sp³-hybridized carbons (Fsp3) is 0.421. The van der Waals surface area contributed by atoms with E-state index in [1.54, 1.807) is 37.1 Å². The lowest BCUT2D eigenvalue weighted by Crippen LogP contribution is -2.48. The number of piperazine rings is 1. The summed E-state index contributed by atoms with van der Waals surface area (Å²) in [6, 6.07) is 7.17. The van der Waals surface area contributed by atoms with Crippen LogP contribution < -0.4 is 10.2 Å². The lowest BCUT2D eigenvalue weighted by atomic mass is 10.2. The van der Waals surface area contributed by atoms with Gasteiger partial charge in [0.05, 0.1) is 23.6 Å². The molecule has 1 fully saturated rings. The second-order valence-electron chi connectivity index (χ2n) is 6.87. The fourth-order valence-electron chi connectivity index (χ4n) is 3.67. The van der Waals surface area contributed by atoms with Crippen LogP contribution in [0.25, 0.3) is 0 Å². The number of hydrogen-bond acceptors (Lipinski definition) is 5. The molecule has 1 saturated heterocycles. The molecule has 1 aromatic heterocycles. The molecule has 1 N–H and O–H groups in total. The van der Waals surface area contributed by atoms with E-state index in [2.05, 4.69) is 10.4 Å². The summed E-state index contributed by atoms with van der Waals surface area (Å²) in [4.78, 5) is 31.2. The van der Waals surface area contributed by atoms with E-state index in [0.29, 0.717) is 54.6 Å². The number of benzene rings is 1. The van der Waals surface area contributed by atoms with E-state index >= 15 is 0 Å². The first kappa shape index (κ1) is 14.4. The molecule has 2 amide bonds. The quantitative estimate of drug-likeness (QED) is 0.859. The molecule has 0 spiro atoms. The third-order valence-corrected chi connectivity index (χ3v) is 5.00. The number of likely N-dealkylation sites (N-methyl/N-ethyl adjacent to an activating group) is 1. The van der Waals surface area contributed by atoms with Crippen LogP contribution >= 0.6 is 0 Å². The van der Waals surface area contributed by atoms with E-state index in [1.807, 2.05) is 11.0 Å². The van der Waals surface area contributed by atoms with Gasteiger partial charge < -0.3 is 10.2 Å². The molecular formula is C19H24N6O2. The average molecular weight is 371 g/mol. The average Bonchev–Trinajstić information content (AvgIpc) is 2.89. The Bertz CT molecular complexity index is 995. The van der Waals surface area contributed by atoms with Gasteiger partial charge in [0, 0.05) is 37.3 Å². The van der Waals surface area contributed by atoms with Crippen molar-refractivity contribution in [3.63, 3.8) is 0 Å². The summed E-state index contributed by atoms with van der Waals surface area (Å²) in [5.41, 5.74) is 2.53. The predicted molar refractivity (Wildman–Crippen MR) is 103 cm³/mol. The SMILES string of the molecule is [2H]C([2H])([2H])N1CCN(CC(=O)N2c3ccccc3NC(=O)c3c2c(C)nn3C)CC1. The third kappa shape index (κ3) is 3.11. The molecule has 27 heavy (non-hydrogen) atoms. The van der Waals surface area contributed by atoms with Gasteiger partial charge in [0.25, 0.3) is 5.91 Å². The highest BCUT2D eigenvalue weighted by atomic mass is 16.2. The van der Waals surface area contributed by atoms with Crippen molar-refractivity contribution in [2.24, 2.45) is 7.05 Å². The highest BCUT2D eigenvalue weighted by Gasteiger charge is 2.34. The number of aryl methyl sites for hydroxylation is 2. The van der Waals surface area contributed by atoms with Gasteiger partial charge >= 0.3 is 0 Å². The Morgan fingerprint density at radius 2 is 2.00 bits per heavy atom. The summed E-state index contributed by atoms with van der Waals surface area (Å²) in [5, 5.41) is 7.22. The Morgan fingerprint density at radius 3 is 2.74 bits per heavy atom. The van der Waals surface area contributed by atoms with Crippen molar-refractivity contribution in [3.05, 3.63) is 35.7 Å². The number of rotatable bonds is 2. The van der Waals surface area contributed by atoms with Crippen LogP contribution in [0.3, 0.4) is 0 Å². The molecule has 0 saturated carbocycles. The Kier molecular flexibility index (Phi) is 3.61. The Balaban J connectivity index is 1.64. The highest BCUT2D eigenvalue weighted by Crippen LogP contribution is 2.39. The van der Waals surface area contributed by atoms with Gasteiger partial charge in [-0.05, 0) is 26.0 Å². The van der Waals surface area contributed by atoms with E-state index in [4.69, 9.17) is 4.11 Å². The number of aromatic nitrogens is 2. The molecule has 8 heteroatoms. The van der Waals surface area contributed by atoms with Crippen LogP contribution in [-0.4, -0.2) is 71.1 Å². The lowest BCUT2D eigenvalue weighted by Gasteiger charge is -2.33. The highest BCUT2D eigenvalue weighted by molar-refractivity contribution is 6.17. The third-order valence-electron chi connectivity index (χ3n) is 5.00. The van der Waals surface area contributed by atoms with Gasteiger partial charge in [-0.3, -0.25) is 24.1 Å². The molecule has 0 radical (unpaired) electrons. The van der Waals surface area contributed by atoms with Gasteiger partial charge in [0.15, 0.2) is 5.69 Å². The molecule has 0 aliphatic carbocycles. The van der Waals surface area contributed by atoms with E-state index < -0.39 is 6.98 Å². The van der Waals surface area contributed by atoms with Crippen molar-refractivity contribution >= 4 is 28.9 Å². The largest absolute Gasteiger partial charge is 0.319 e. The standard InChI is InChI=1S/C19H24N6O2/c1-13-17-18(23(3)21-13)19(27)20-14-6-4-5-7-15(14)25(17)16(26)12-24-10-8-22(2)9-11-24/h4-7H,8-12H2,1-3H3,(H,20,27)/i2D3. The minimum absolute atomic E-state index is 0.116. The van der Waals surface area contributed by atoms with Crippen molar-refractivity contribution in [1.82, 2.24) is 19.6 Å². The van der Waals surface area contributed by atoms with Crippen molar-refractivity contribution in [2.75, 3.05) is 49.9 Å². The van der Waals surface area contributed by atoms with Crippen LogP contribution in [0.15, 0.2) is 24.3 Å². The fourth-order valence-corrected chi connectivity index (χ4v) is 3.67. The van der Waals surface area contributed by atoms with Crippen LogP contribution in [0, 0.1) is 6.92 Å². The zero-order valence-corrected chi connectivity index (χ0v) is 15.4. The summed E-state index contributed by atoms with van der Waals surface area (Å²) >= 11 is 0. The Morgan fingerprint density at radius 1 is 1.26 bits per heavy atom. The van der Waals surface area contributed by atoms with Crippen LogP contribution in [-0.2, 0) is 11.8 Å². The molecule has 1 aromatic carbocycles. The molecule has 0 unspecified atom stereocenters. The smallest absolute Gasteiger partial charge is 0.276 e. The van der Waals surface area contributed by atoms with E-state index in [9.17, 15) is 9.59 Å².